The highest BCUT2D eigenvalue weighted by atomic mass is 14.9. The quantitative estimate of drug-likeness (QED) is 0.636. The lowest BCUT2D eigenvalue weighted by Gasteiger charge is -2.22. The van der Waals surface area contributed by atoms with Crippen LogP contribution < -0.4 is 5.32 Å². The zero-order valence-corrected chi connectivity index (χ0v) is 7.03. The molecule has 1 aliphatic heterocycles. The summed E-state index contributed by atoms with van der Waals surface area (Å²) in [5, 5.41) is 3.55. The van der Waals surface area contributed by atoms with Gasteiger partial charge in [0.25, 0.3) is 0 Å². The Labute approximate surface area is 64.2 Å². The van der Waals surface area contributed by atoms with Crippen molar-refractivity contribution in [3.8, 4) is 0 Å². The van der Waals surface area contributed by atoms with Crippen LogP contribution in [0.1, 0.15) is 45.4 Å². The first-order valence-corrected chi connectivity index (χ1v) is 4.67. The summed E-state index contributed by atoms with van der Waals surface area (Å²) in [6.07, 6.45) is 8.40. The van der Waals surface area contributed by atoms with E-state index in [4.69, 9.17) is 0 Å². The molecule has 1 N–H and O–H groups in total. The highest BCUT2D eigenvalue weighted by Gasteiger charge is 2.10. The predicted molar refractivity (Wildman–Crippen MR) is 45.2 cm³/mol. The first kappa shape index (κ1) is 8.06. The molecule has 1 heterocycles. The fourth-order valence-corrected chi connectivity index (χ4v) is 1.62. The first-order valence-electron chi connectivity index (χ1n) is 4.67. The van der Waals surface area contributed by atoms with Gasteiger partial charge in [-0.05, 0) is 25.8 Å². The molecule has 0 bridgehead atoms. The van der Waals surface area contributed by atoms with E-state index in [0.717, 1.165) is 6.04 Å². The number of unbranched alkanes of at least 4 members (excludes halogenated alkanes) is 1. The van der Waals surface area contributed by atoms with Gasteiger partial charge in [0.1, 0.15) is 0 Å². The van der Waals surface area contributed by atoms with Crippen LogP contribution in [0.15, 0.2) is 0 Å². The second-order valence-corrected chi connectivity index (χ2v) is 3.29. The van der Waals surface area contributed by atoms with E-state index in [-0.39, 0.29) is 0 Å². The Morgan fingerprint density at radius 3 is 2.90 bits per heavy atom. The van der Waals surface area contributed by atoms with Gasteiger partial charge in [-0.1, -0.05) is 26.2 Å². The summed E-state index contributed by atoms with van der Waals surface area (Å²) in [6, 6.07) is 0.855. The molecule has 0 aromatic heterocycles. The summed E-state index contributed by atoms with van der Waals surface area (Å²) >= 11 is 0. The molecule has 0 aromatic rings. The molecule has 0 aliphatic carbocycles. The van der Waals surface area contributed by atoms with Crippen LogP contribution in [0.3, 0.4) is 0 Å². The molecule has 1 nitrogen and oxygen atoms in total. The van der Waals surface area contributed by atoms with Crippen molar-refractivity contribution in [1.29, 1.82) is 0 Å². The number of rotatable bonds is 3. The minimum Gasteiger partial charge on any atom is -0.314 e. The Bertz CT molecular complexity index is 74.8. The van der Waals surface area contributed by atoms with Gasteiger partial charge in [0.2, 0.25) is 0 Å². The molecule has 0 saturated carbocycles. The van der Waals surface area contributed by atoms with Crippen LogP contribution in [0.2, 0.25) is 0 Å². The van der Waals surface area contributed by atoms with Crippen LogP contribution in [0, 0.1) is 0 Å². The van der Waals surface area contributed by atoms with Crippen molar-refractivity contribution in [3.05, 3.63) is 0 Å². The molecule has 0 radical (unpaired) electrons. The Balaban J connectivity index is 2.02. The normalized spacial score (nSPS) is 26.7. The maximum absolute atomic E-state index is 3.55. The maximum atomic E-state index is 3.55. The third kappa shape index (κ3) is 2.70. The Hall–Kier alpha value is -0.0400. The SMILES string of the molecule is CCCC[C@@H]1CCCCN1. The molecular formula is C9H19N. The third-order valence-corrected chi connectivity index (χ3v) is 2.32. The van der Waals surface area contributed by atoms with Crippen molar-refractivity contribution in [2.45, 2.75) is 51.5 Å². The summed E-state index contributed by atoms with van der Waals surface area (Å²) in [7, 11) is 0. The summed E-state index contributed by atoms with van der Waals surface area (Å²) in [4.78, 5) is 0. The van der Waals surface area contributed by atoms with Gasteiger partial charge in [-0.3, -0.25) is 0 Å². The summed E-state index contributed by atoms with van der Waals surface area (Å²) < 4.78 is 0. The number of piperidine rings is 1. The van der Waals surface area contributed by atoms with Crippen LogP contribution >= 0.6 is 0 Å². The molecular weight excluding hydrogens is 122 g/mol. The van der Waals surface area contributed by atoms with E-state index in [1.54, 1.807) is 0 Å². The van der Waals surface area contributed by atoms with Crippen molar-refractivity contribution in [3.63, 3.8) is 0 Å². The van der Waals surface area contributed by atoms with E-state index in [1.165, 1.54) is 45.1 Å². The molecule has 1 aliphatic rings. The van der Waals surface area contributed by atoms with Gasteiger partial charge in [0.15, 0.2) is 0 Å². The molecule has 0 amide bonds. The molecule has 1 rings (SSSR count). The predicted octanol–water partition coefficient (Wildman–Crippen LogP) is 2.32. The molecule has 1 saturated heterocycles. The van der Waals surface area contributed by atoms with Gasteiger partial charge in [-0.2, -0.15) is 0 Å². The van der Waals surface area contributed by atoms with E-state index in [1.807, 2.05) is 0 Å². The minimum absolute atomic E-state index is 0.855. The van der Waals surface area contributed by atoms with Crippen LogP contribution in [-0.4, -0.2) is 12.6 Å². The highest BCUT2D eigenvalue weighted by Crippen LogP contribution is 2.12. The van der Waals surface area contributed by atoms with Crippen LogP contribution in [0.4, 0.5) is 0 Å². The van der Waals surface area contributed by atoms with Crippen molar-refractivity contribution in [2.75, 3.05) is 6.54 Å². The van der Waals surface area contributed by atoms with Gasteiger partial charge in [0, 0.05) is 6.04 Å². The zero-order chi connectivity index (χ0) is 7.23. The lowest BCUT2D eigenvalue weighted by Crippen LogP contribution is -2.33. The molecule has 1 heteroatoms. The van der Waals surface area contributed by atoms with Crippen LogP contribution in [0.25, 0.3) is 0 Å². The topological polar surface area (TPSA) is 12.0 Å². The van der Waals surface area contributed by atoms with E-state index >= 15 is 0 Å². The molecule has 60 valence electrons. The second kappa shape index (κ2) is 4.73. The van der Waals surface area contributed by atoms with Crippen LogP contribution in [-0.2, 0) is 0 Å². The standard InChI is InChI=1S/C9H19N/c1-2-3-6-9-7-4-5-8-10-9/h9-10H,2-8H2,1H3/t9-/m1/s1. The monoisotopic (exact) mass is 141 g/mol. The number of nitrogens with one attached hydrogen (secondary N) is 1. The molecule has 10 heavy (non-hydrogen) atoms. The second-order valence-electron chi connectivity index (χ2n) is 3.29. The van der Waals surface area contributed by atoms with Gasteiger partial charge < -0.3 is 5.32 Å². The maximum Gasteiger partial charge on any atom is 0.00670 e. The Kier molecular flexibility index (Phi) is 3.81. The first-order chi connectivity index (χ1) is 4.93. The summed E-state index contributed by atoms with van der Waals surface area (Å²) in [5.41, 5.74) is 0. The van der Waals surface area contributed by atoms with Crippen LogP contribution in [0.5, 0.6) is 0 Å². The van der Waals surface area contributed by atoms with Gasteiger partial charge in [-0.25, -0.2) is 0 Å². The smallest absolute Gasteiger partial charge is 0.00670 e. The third-order valence-electron chi connectivity index (χ3n) is 2.32. The zero-order valence-electron chi connectivity index (χ0n) is 7.03. The highest BCUT2D eigenvalue weighted by molar-refractivity contribution is 4.71. The van der Waals surface area contributed by atoms with Crippen molar-refractivity contribution in [1.82, 2.24) is 5.32 Å². The van der Waals surface area contributed by atoms with Crippen molar-refractivity contribution >= 4 is 0 Å². The van der Waals surface area contributed by atoms with Gasteiger partial charge >= 0.3 is 0 Å². The lowest BCUT2D eigenvalue weighted by molar-refractivity contribution is 0.374. The summed E-state index contributed by atoms with van der Waals surface area (Å²) in [5.74, 6) is 0. The van der Waals surface area contributed by atoms with E-state index in [9.17, 15) is 0 Å². The van der Waals surface area contributed by atoms with Gasteiger partial charge in [-0.15, -0.1) is 0 Å². The van der Waals surface area contributed by atoms with E-state index in [2.05, 4.69) is 12.2 Å². The molecule has 0 unspecified atom stereocenters. The largest absolute Gasteiger partial charge is 0.314 e. The summed E-state index contributed by atoms with van der Waals surface area (Å²) in [6.45, 7) is 3.53. The van der Waals surface area contributed by atoms with Gasteiger partial charge in [0.05, 0.1) is 0 Å². The molecule has 0 spiro atoms. The fraction of sp³-hybridized carbons (Fsp3) is 1.00. The lowest BCUT2D eigenvalue weighted by atomic mass is 10.0. The fourth-order valence-electron chi connectivity index (χ4n) is 1.62. The average molecular weight is 141 g/mol. The molecule has 0 aromatic carbocycles. The van der Waals surface area contributed by atoms with Crippen molar-refractivity contribution < 1.29 is 0 Å². The molecule has 1 atom stereocenters. The number of hydrogen-bond donors (Lipinski definition) is 1. The Morgan fingerprint density at radius 2 is 2.30 bits per heavy atom. The van der Waals surface area contributed by atoms with E-state index in [0.29, 0.717) is 0 Å². The average Bonchev–Trinajstić information content (AvgIpc) is 2.03. The van der Waals surface area contributed by atoms with E-state index < -0.39 is 0 Å². The minimum atomic E-state index is 0.855. The molecule has 1 fully saturated rings. The van der Waals surface area contributed by atoms with Crippen molar-refractivity contribution in [2.24, 2.45) is 0 Å². The Morgan fingerprint density at radius 1 is 1.40 bits per heavy atom. The number of hydrogen-bond acceptors (Lipinski definition) is 1.